The molecule has 5 nitrogen and oxygen atoms in total. The second kappa shape index (κ2) is 8.03. The van der Waals surface area contributed by atoms with Crippen molar-refractivity contribution in [2.24, 2.45) is 0 Å². The number of piperidine rings is 1. The number of para-hydroxylation sites is 2. The van der Waals surface area contributed by atoms with Crippen molar-refractivity contribution in [3.05, 3.63) is 78.2 Å². The third kappa shape index (κ3) is 3.31. The van der Waals surface area contributed by atoms with E-state index in [0.717, 1.165) is 36.8 Å². The predicted octanol–water partition coefficient (Wildman–Crippen LogP) is 5.10. The Hall–Kier alpha value is -2.99. The Bertz CT molecular complexity index is 1170. The molecule has 6 heteroatoms. The molecule has 1 aliphatic heterocycles. The molecule has 1 amide bonds. The Morgan fingerprint density at radius 3 is 2.57 bits per heavy atom. The van der Waals surface area contributed by atoms with E-state index in [1.807, 2.05) is 46.1 Å². The molecular weight excluding hydrogens is 392 g/mol. The molecule has 1 saturated heterocycles. The van der Waals surface area contributed by atoms with Crippen LogP contribution in [0.25, 0.3) is 16.6 Å². The van der Waals surface area contributed by atoms with E-state index in [1.165, 1.54) is 16.5 Å². The first-order chi connectivity index (χ1) is 14.8. The maximum Gasteiger partial charge on any atom is 0.272 e. The van der Waals surface area contributed by atoms with Gasteiger partial charge in [0.05, 0.1) is 6.20 Å². The lowest BCUT2D eigenvalue weighted by atomic mass is 9.89. The number of nitrogens with zero attached hydrogens (tertiary/aromatic N) is 3. The van der Waals surface area contributed by atoms with E-state index in [2.05, 4.69) is 40.4 Å². The third-order valence-corrected chi connectivity index (χ3v) is 6.64. The van der Waals surface area contributed by atoms with Gasteiger partial charge < -0.3 is 9.88 Å². The van der Waals surface area contributed by atoms with Crippen molar-refractivity contribution >= 4 is 28.6 Å². The summed E-state index contributed by atoms with van der Waals surface area (Å²) in [7, 11) is 0. The summed E-state index contributed by atoms with van der Waals surface area (Å²) in [5, 5.41) is 2.13. The number of aromatic amines is 1. The Morgan fingerprint density at radius 1 is 1.07 bits per heavy atom. The minimum absolute atomic E-state index is 0.0593. The molecule has 0 spiro atoms. The summed E-state index contributed by atoms with van der Waals surface area (Å²) in [6.07, 6.45) is 7.79. The highest BCUT2D eigenvalue weighted by atomic mass is 32.2. The summed E-state index contributed by atoms with van der Waals surface area (Å²) in [6, 6.07) is 18.4. The van der Waals surface area contributed by atoms with Gasteiger partial charge in [-0.15, -0.1) is 0 Å². The maximum atomic E-state index is 13.4. The van der Waals surface area contributed by atoms with Crippen LogP contribution < -0.4 is 0 Å². The standard InChI is InChI=1S/C24H24N4OS/c1-30-24-26-16-22(28(24)18-7-3-2-4-8-18)23(29)27-13-11-17(12-14-27)20-15-25-21-10-6-5-9-19(20)21/h2-10,15-17,25H,11-14H2,1H3. The number of nitrogens with one attached hydrogen (secondary N) is 1. The van der Waals surface area contributed by atoms with Crippen molar-refractivity contribution < 1.29 is 4.79 Å². The fraction of sp³-hybridized carbons (Fsp3) is 0.250. The zero-order valence-electron chi connectivity index (χ0n) is 16.9. The van der Waals surface area contributed by atoms with Crippen LogP contribution in [0.1, 0.15) is 34.8 Å². The van der Waals surface area contributed by atoms with E-state index in [1.54, 1.807) is 18.0 Å². The lowest BCUT2D eigenvalue weighted by Gasteiger charge is -2.32. The van der Waals surface area contributed by atoms with E-state index in [9.17, 15) is 4.79 Å². The van der Waals surface area contributed by atoms with Gasteiger partial charge in [-0.25, -0.2) is 4.98 Å². The van der Waals surface area contributed by atoms with Crippen LogP contribution in [0.5, 0.6) is 0 Å². The normalized spacial score (nSPS) is 15.0. The minimum Gasteiger partial charge on any atom is -0.361 e. The summed E-state index contributed by atoms with van der Waals surface area (Å²) in [6.45, 7) is 1.52. The van der Waals surface area contributed by atoms with Gasteiger partial charge in [-0.05, 0) is 48.8 Å². The van der Waals surface area contributed by atoms with Crippen molar-refractivity contribution in [3.63, 3.8) is 0 Å². The molecule has 2 aromatic carbocycles. The quantitative estimate of drug-likeness (QED) is 0.471. The molecule has 1 aliphatic rings. The highest BCUT2D eigenvalue weighted by Gasteiger charge is 2.28. The number of imidazole rings is 1. The van der Waals surface area contributed by atoms with Gasteiger partial charge >= 0.3 is 0 Å². The molecule has 5 rings (SSSR count). The Labute approximate surface area is 180 Å². The van der Waals surface area contributed by atoms with Crippen molar-refractivity contribution in [2.45, 2.75) is 23.9 Å². The molecule has 4 aromatic rings. The van der Waals surface area contributed by atoms with Gasteiger partial charge in [-0.1, -0.05) is 48.2 Å². The number of likely N-dealkylation sites (tertiary alicyclic amines) is 1. The molecule has 1 N–H and O–H groups in total. The minimum atomic E-state index is 0.0593. The third-order valence-electron chi connectivity index (χ3n) is 5.99. The Balaban J connectivity index is 1.36. The average molecular weight is 417 g/mol. The lowest BCUT2D eigenvalue weighted by Crippen LogP contribution is -2.38. The molecular formula is C24H24N4OS. The van der Waals surface area contributed by atoms with Crippen molar-refractivity contribution in [1.82, 2.24) is 19.4 Å². The first-order valence-electron chi connectivity index (χ1n) is 10.3. The molecule has 2 aromatic heterocycles. The molecule has 0 atom stereocenters. The van der Waals surface area contributed by atoms with Crippen LogP contribution in [-0.2, 0) is 0 Å². The SMILES string of the molecule is CSc1ncc(C(=O)N2CCC(c3c[nH]c4ccccc34)CC2)n1-c1ccccc1. The maximum absolute atomic E-state index is 13.4. The summed E-state index contributed by atoms with van der Waals surface area (Å²) in [5.74, 6) is 0.537. The molecule has 0 aliphatic carbocycles. The summed E-state index contributed by atoms with van der Waals surface area (Å²) in [5.41, 5.74) is 4.16. The number of H-pyrrole nitrogens is 1. The summed E-state index contributed by atoms with van der Waals surface area (Å²) < 4.78 is 1.97. The second-order valence-electron chi connectivity index (χ2n) is 7.66. The van der Waals surface area contributed by atoms with E-state index in [0.29, 0.717) is 11.6 Å². The van der Waals surface area contributed by atoms with Gasteiger partial charge in [0.2, 0.25) is 0 Å². The number of thioether (sulfide) groups is 1. The zero-order chi connectivity index (χ0) is 20.5. The largest absolute Gasteiger partial charge is 0.361 e. The predicted molar refractivity (Wildman–Crippen MR) is 122 cm³/mol. The van der Waals surface area contributed by atoms with Crippen LogP contribution in [0.4, 0.5) is 0 Å². The zero-order valence-corrected chi connectivity index (χ0v) is 17.7. The first kappa shape index (κ1) is 19.0. The van der Waals surface area contributed by atoms with Crippen LogP contribution in [0.3, 0.4) is 0 Å². The van der Waals surface area contributed by atoms with Crippen LogP contribution >= 0.6 is 11.8 Å². The van der Waals surface area contributed by atoms with Gasteiger partial charge in [0.1, 0.15) is 5.69 Å². The first-order valence-corrected chi connectivity index (χ1v) is 11.5. The van der Waals surface area contributed by atoms with Crippen LogP contribution in [0.15, 0.2) is 72.1 Å². The van der Waals surface area contributed by atoms with Gasteiger partial charge in [0.25, 0.3) is 5.91 Å². The Kier molecular flexibility index (Phi) is 5.09. The number of benzene rings is 2. The number of hydrogen-bond acceptors (Lipinski definition) is 3. The van der Waals surface area contributed by atoms with Gasteiger partial charge in [-0.2, -0.15) is 0 Å². The highest BCUT2D eigenvalue weighted by molar-refractivity contribution is 7.98. The molecule has 1 fully saturated rings. The van der Waals surface area contributed by atoms with E-state index < -0.39 is 0 Å². The van der Waals surface area contributed by atoms with Crippen LogP contribution in [-0.4, -0.2) is 44.7 Å². The number of carbonyl (C=O) groups is 1. The van der Waals surface area contributed by atoms with E-state index in [4.69, 9.17) is 0 Å². The van der Waals surface area contributed by atoms with Crippen molar-refractivity contribution in [3.8, 4) is 5.69 Å². The fourth-order valence-electron chi connectivity index (χ4n) is 4.44. The fourth-order valence-corrected chi connectivity index (χ4v) is 4.99. The number of fused-ring (bicyclic) bond motifs is 1. The van der Waals surface area contributed by atoms with Crippen molar-refractivity contribution in [2.75, 3.05) is 19.3 Å². The van der Waals surface area contributed by atoms with Crippen LogP contribution in [0.2, 0.25) is 0 Å². The molecule has 0 saturated carbocycles. The number of hydrogen-bond donors (Lipinski definition) is 1. The molecule has 0 radical (unpaired) electrons. The molecule has 0 bridgehead atoms. The van der Waals surface area contributed by atoms with E-state index in [-0.39, 0.29) is 5.91 Å². The van der Waals surface area contributed by atoms with Crippen LogP contribution in [0, 0.1) is 0 Å². The number of carbonyl (C=O) groups excluding carboxylic acids is 1. The van der Waals surface area contributed by atoms with Gasteiger partial charge in [0, 0.05) is 35.9 Å². The van der Waals surface area contributed by atoms with Crippen molar-refractivity contribution in [1.29, 1.82) is 0 Å². The molecule has 0 unspecified atom stereocenters. The molecule has 152 valence electrons. The second-order valence-corrected chi connectivity index (χ2v) is 8.43. The number of amides is 1. The summed E-state index contributed by atoms with van der Waals surface area (Å²) >= 11 is 1.55. The smallest absolute Gasteiger partial charge is 0.272 e. The molecule has 3 heterocycles. The lowest BCUT2D eigenvalue weighted by molar-refractivity contribution is 0.0704. The monoisotopic (exact) mass is 416 g/mol. The number of aromatic nitrogens is 3. The van der Waals surface area contributed by atoms with E-state index >= 15 is 0 Å². The van der Waals surface area contributed by atoms with Gasteiger partial charge in [-0.3, -0.25) is 9.36 Å². The Morgan fingerprint density at radius 2 is 1.80 bits per heavy atom. The number of rotatable bonds is 4. The topological polar surface area (TPSA) is 53.9 Å². The van der Waals surface area contributed by atoms with Gasteiger partial charge in [0.15, 0.2) is 5.16 Å². The summed E-state index contributed by atoms with van der Waals surface area (Å²) in [4.78, 5) is 23.2. The molecule has 30 heavy (non-hydrogen) atoms. The average Bonchev–Trinajstić information content (AvgIpc) is 3.44. The highest BCUT2D eigenvalue weighted by Crippen LogP contribution is 2.33.